The van der Waals surface area contributed by atoms with E-state index in [2.05, 4.69) is 5.32 Å². The highest BCUT2D eigenvalue weighted by molar-refractivity contribution is 8.01. The van der Waals surface area contributed by atoms with Crippen molar-refractivity contribution < 1.29 is 23.9 Å². The van der Waals surface area contributed by atoms with Crippen LogP contribution in [0.3, 0.4) is 0 Å². The normalized spacial score (nSPS) is 29.0. The lowest BCUT2D eigenvalue weighted by atomic mass is 9.96. The second-order valence-electron chi connectivity index (χ2n) is 5.96. The van der Waals surface area contributed by atoms with E-state index >= 15 is 0 Å². The van der Waals surface area contributed by atoms with E-state index in [-0.39, 0.29) is 17.0 Å². The zero-order chi connectivity index (χ0) is 16.2. The van der Waals surface area contributed by atoms with Crippen LogP contribution >= 0.6 is 11.8 Å². The number of aryl methyl sites for hydroxylation is 1. The molecule has 2 saturated heterocycles. The molecule has 2 fully saturated rings. The Bertz CT molecular complexity index is 668. The number of thioether (sulfide) groups is 1. The average molecular weight is 324 g/mol. The van der Waals surface area contributed by atoms with Gasteiger partial charge in [-0.1, -0.05) is 0 Å². The van der Waals surface area contributed by atoms with Gasteiger partial charge >= 0.3 is 5.97 Å². The van der Waals surface area contributed by atoms with Gasteiger partial charge in [0.25, 0.3) is 5.91 Å². The fraction of sp³-hybridized carbons (Fsp3) is 0.500. The lowest BCUT2D eigenvalue weighted by molar-refractivity contribution is -0.159. The number of rotatable bonds is 3. The van der Waals surface area contributed by atoms with Crippen molar-refractivity contribution in [3.63, 3.8) is 0 Å². The van der Waals surface area contributed by atoms with Crippen LogP contribution in [0.5, 0.6) is 0 Å². The Kier molecular flexibility index (Phi) is 3.24. The van der Waals surface area contributed by atoms with Crippen LogP contribution < -0.4 is 5.32 Å². The van der Waals surface area contributed by atoms with E-state index in [1.807, 2.05) is 0 Å². The van der Waals surface area contributed by atoms with Gasteiger partial charge in [-0.3, -0.25) is 9.59 Å². The van der Waals surface area contributed by atoms with E-state index in [9.17, 15) is 19.5 Å². The Morgan fingerprint density at radius 2 is 2.09 bits per heavy atom. The van der Waals surface area contributed by atoms with Crippen LogP contribution in [0.15, 0.2) is 16.5 Å². The van der Waals surface area contributed by atoms with Crippen LogP contribution in [0, 0.1) is 6.92 Å². The molecular formula is C14H16N2O5S. The number of hydrogen-bond donors (Lipinski definition) is 2. The minimum Gasteiger partial charge on any atom is -0.480 e. The molecule has 7 nitrogen and oxygen atoms in total. The molecule has 0 aromatic carbocycles. The number of nitrogens with zero attached hydrogens (tertiary/aromatic N) is 1. The highest BCUT2D eigenvalue weighted by atomic mass is 32.2. The van der Waals surface area contributed by atoms with Gasteiger partial charge in [0.2, 0.25) is 5.91 Å². The number of carboxylic acid groups (broad SMARTS) is 1. The van der Waals surface area contributed by atoms with E-state index in [1.54, 1.807) is 26.8 Å². The Balaban J connectivity index is 1.75. The SMILES string of the molecule is Cc1ccc(C(=O)N[C@H]2C(=O)N3[C@@H]2SC(C)(C)[C@H]3C(=O)O)o1. The zero-order valence-corrected chi connectivity index (χ0v) is 13.1. The van der Waals surface area contributed by atoms with Gasteiger partial charge in [-0.2, -0.15) is 0 Å². The van der Waals surface area contributed by atoms with Gasteiger partial charge in [0.05, 0.1) is 0 Å². The summed E-state index contributed by atoms with van der Waals surface area (Å²) in [7, 11) is 0. The summed E-state index contributed by atoms with van der Waals surface area (Å²) in [5.74, 6) is -1.12. The molecule has 0 radical (unpaired) electrons. The van der Waals surface area contributed by atoms with Crippen LogP contribution in [0.2, 0.25) is 0 Å². The smallest absolute Gasteiger partial charge is 0.327 e. The van der Waals surface area contributed by atoms with Crippen LogP contribution in [-0.2, 0) is 9.59 Å². The number of aliphatic carboxylic acids is 1. The van der Waals surface area contributed by atoms with Gasteiger partial charge < -0.3 is 19.7 Å². The Hall–Kier alpha value is -1.96. The maximum absolute atomic E-state index is 12.2. The molecule has 1 aromatic heterocycles. The van der Waals surface area contributed by atoms with Crippen molar-refractivity contribution >= 4 is 29.5 Å². The first kappa shape index (κ1) is 15.0. The molecule has 2 N–H and O–H groups in total. The summed E-state index contributed by atoms with van der Waals surface area (Å²) >= 11 is 1.39. The van der Waals surface area contributed by atoms with Crippen LogP contribution in [0.1, 0.15) is 30.2 Å². The fourth-order valence-corrected chi connectivity index (χ4v) is 4.54. The molecule has 22 heavy (non-hydrogen) atoms. The number of furan rings is 1. The van der Waals surface area contributed by atoms with E-state index in [4.69, 9.17) is 4.42 Å². The predicted molar refractivity (Wildman–Crippen MR) is 78.4 cm³/mol. The monoisotopic (exact) mass is 324 g/mol. The van der Waals surface area contributed by atoms with Gasteiger partial charge in [0.15, 0.2) is 5.76 Å². The molecule has 0 unspecified atom stereocenters. The molecule has 118 valence electrons. The summed E-state index contributed by atoms with van der Waals surface area (Å²) in [6.45, 7) is 5.30. The number of hydrogen-bond acceptors (Lipinski definition) is 5. The zero-order valence-electron chi connectivity index (χ0n) is 12.3. The van der Waals surface area contributed by atoms with Gasteiger partial charge in [-0.05, 0) is 32.9 Å². The van der Waals surface area contributed by atoms with Gasteiger partial charge in [-0.25, -0.2) is 4.79 Å². The van der Waals surface area contributed by atoms with E-state index in [0.717, 1.165) is 0 Å². The molecule has 0 spiro atoms. The van der Waals surface area contributed by atoms with Crippen LogP contribution in [0.25, 0.3) is 0 Å². The quantitative estimate of drug-likeness (QED) is 0.799. The average Bonchev–Trinajstić information content (AvgIpc) is 2.95. The third-order valence-corrected chi connectivity index (χ3v) is 5.50. The van der Waals surface area contributed by atoms with E-state index in [0.29, 0.717) is 5.76 Å². The minimum absolute atomic E-state index is 0.140. The summed E-state index contributed by atoms with van der Waals surface area (Å²) in [6.07, 6.45) is 0. The Morgan fingerprint density at radius 1 is 1.41 bits per heavy atom. The van der Waals surface area contributed by atoms with Crippen molar-refractivity contribution in [2.24, 2.45) is 0 Å². The summed E-state index contributed by atoms with van der Waals surface area (Å²) in [6, 6.07) is 1.61. The van der Waals surface area contributed by atoms with Crippen molar-refractivity contribution in [2.45, 2.75) is 43.0 Å². The summed E-state index contributed by atoms with van der Waals surface area (Å²) in [4.78, 5) is 37.0. The molecule has 3 rings (SSSR count). The predicted octanol–water partition coefficient (Wildman–Crippen LogP) is 0.833. The third-order valence-electron chi connectivity index (χ3n) is 3.93. The molecule has 1 aromatic rings. The molecule has 0 saturated carbocycles. The molecule has 3 heterocycles. The second-order valence-corrected chi connectivity index (χ2v) is 7.73. The number of β-lactam (4-membered cyclic amide) rings is 1. The molecule has 2 aliphatic heterocycles. The number of carboxylic acids is 1. The molecule has 0 bridgehead atoms. The van der Waals surface area contributed by atoms with Crippen molar-refractivity contribution in [3.05, 3.63) is 23.7 Å². The van der Waals surface area contributed by atoms with Gasteiger partial charge in [0.1, 0.15) is 23.2 Å². The molecule has 0 aliphatic carbocycles. The minimum atomic E-state index is -1.03. The number of amides is 2. The summed E-state index contributed by atoms with van der Waals surface area (Å²) < 4.78 is 4.62. The molecule has 2 amide bonds. The Morgan fingerprint density at radius 3 is 2.64 bits per heavy atom. The van der Waals surface area contributed by atoms with Crippen molar-refractivity contribution in [3.8, 4) is 0 Å². The van der Waals surface area contributed by atoms with Crippen LogP contribution in [-0.4, -0.2) is 50.0 Å². The maximum Gasteiger partial charge on any atom is 0.327 e. The number of carbonyl (C=O) groups is 3. The molecule has 2 aliphatic rings. The molecular weight excluding hydrogens is 308 g/mol. The lowest BCUT2D eigenvalue weighted by Crippen LogP contribution is -2.70. The first-order chi connectivity index (χ1) is 10.2. The Labute approximate surface area is 131 Å². The molecule has 3 atom stereocenters. The summed E-state index contributed by atoms with van der Waals surface area (Å²) in [5, 5.41) is 11.6. The second kappa shape index (κ2) is 4.77. The first-order valence-corrected chi connectivity index (χ1v) is 7.70. The largest absolute Gasteiger partial charge is 0.480 e. The number of carbonyl (C=O) groups excluding carboxylic acids is 2. The number of nitrogens with one attached hydrogen (secondary N) is 1. The van der Waals surface area contributed by atoms with E-state index < -0.39 is 28.7 Å². The van der Waals surface area contributed by atoms with Crippen molar-refractivity contribution in [1.82, 2.24) is 10.2 Å². The van der Waals surface area contributed by atoms with Gasteiger partial charge in [-0.15, -0.1) is 11.8 Å². The van der Waals surface area contributed by atoms with Crippen LogP contribution in [0.4, 0.5) is 0 Å². The van der Waals surface area contributed by atoms with Gasteiger partial charge in [0, 0.05) is 4.75 Å². The fourth-order valence-electron chi connectivity index (χ4n) is 2.91. The summed E-state index contributed by atoms with van der Waals surface area (Å²) in [5.41, 5.74) is 0. The highest BCUT2D eigenvalue weighted by Gasteiger charge is 2.64. The van der Waals surface area contributed by atoms with E-state index in [1.165, 1.54) is 22.7 Å². The highest BCUT2D eigenvalue weighted by Crippen LogP contribution is 2.50. The number of fused-ring (bicyclic) bond motifs is 1. The first-order valence-electron chi connectivity index (χ1n) is 6.82. The maximum atomic E-state index is 12.2. The van der Waals surface area contributed by atoms with Crippen molar-refractivity contribution in [1.29, 1.82) is 0 Å². The topological polar surface area (TPSA) is 99.9 Å². The van der Waals surface area contributed by atoms with Crippen molar-refractivity contribution in [2.75, 3.05) is 0 Å². The standard InChI is InChI=1S/C14H16N2O5S/c1-6-4-5-7(21-6)10(17)15-8-11(18)16-9(13(19)20)14(2,3)22-12(8)16/h4-5,8-9,12H,1-3H3,(H,15,17)(H,19,20)/t8-,9+,12+/m0/s1. The third kappa shape index (κ3) is 2.09. The molecule has 8 heteroatoms. The lowest BCUT2D eigenvalue weighted by Gasteiger charge is -2.43.